The molecular formula is C49H42O11. The van der Waals surface area contributed by atoms with Crippen LogP contribution in [0.5, 0.6) is 5.75 Å². The van der Waals surface area contributed by atoms with Gasteiger partial charge in [0.2, 0.25) is 11.9 Å². The van der Waals surface area contributed by atoms with Crippen molar-refractivity contribution in [3.05, 3.63) is 209 Å². The molecule has 0 unspecified atom stereocenters. The summed E-state index contributed by atoms with van der Waals surface area (Å²) in [5.41, 5.74) is 2.13. The molecule has 1 heterocycles. The summed E-state index contributed by atoms with van der Waals surface area (Å²) in [7, 11) is 1.57. The molecule has 6 atom stereocenters. The van der Waals surface area contributed by atoms with E-state index in [1.54, 1.807) is 128 Å². The highest BCUT2D eigenvalue weighted by Gasteiger charge is 2.62. The molecule has 11 nitrogen and oxygen atoms in total. The zero-order valence-electron chi connectivity index (χ0n) is 32.8. The average Bonchev–Trinajstić information content (AvgIpc) is 3.29. The van der Waals surface area contributed by atoms with Crippen LogP contribution in [0, 0.1) is 0 Å². The molecule has 11 heteroatoms. The molecule has 304 valence electrons. The van der Waals surface area contributed by atoms with E-state index in [9.17, 15) is 24.3 Å². The number of aliphatic hydroxyl groups is 1. The zero-order valence-corrected chi connectivity index (χ0v) is 32.8. The van der Waals surface area contributed by atoms with Gasteiger partial charge in [0.1, 0.15) is 18.0 Å². The Kier molecular flexibility index (Phi) is 12.8. The molecule has 6 aromatic rings. The summed E-state index contributed by atoms with van der Waals surface area (Å²) in [5, 5.41) is 13.3. The van der Waals surface area contributed by atoms with Crippen molar-refractivity contribution in [2.75, 3.05) is 7.11 Å². The summed E-state index contributed by atoms with van der Waals surface area (Å²) < 4.78 is 36.7. The largest absolute Gasteiger partial charge is 0.497 e. The van der Waals surface area contributed by atoms with E-state index in [2.05, 4.69) is 0 Å². The zero-order chi connectivity index (χ0) is 42.1. The van der Waals surface area contributed by atoms with Crippen LogP contribution in [0.1, 0.15) is 65.0 Å². The molecule has 1 aliphatic rings. The van der Waals surface area contributed by atoms with Crippen LogP contribution >= 0.6 is 0 Å². The molecule has 0 radical (unpaired) electrons. The first-order valence-corrected chi connectivity index (χ1v) is 19.3. The molecule has 0 aromatic heterocycles. The van der Waals surface area contributed by atoms with Crippen LogP contribution < -0.4 is 4.74 Å². The second kappa shape index (κ2) is 18.7. The second-order valence-electron chi connectivity index (χ2n) is 14.1. The maximum Gasteiger partial charge on any atom is 0.338 e. The quantitative estimate of drug-likeness (QED) is 0.0904. The van der Waals surface area contributed by atoms with E-state index in [-0.39, 0.29) is 34.2 Å². The van der Waals surface area contributed by atoms with Crippen molar-refractivity contribution in [2.24, 2.45) is 0 Å². The van der Waals surface area contributed by atoms with Gasteiger partial charge in [0.25, 0.3) is 0 Å². The topological polar surface area (TPSA) is 144 Å². The summed E-state index contributed by atoms with van der Waals surface area (Å²) in [4.78, 5) is 55.8. The van der Waals surface area contributed by atoms with Crippen molar-refractivity contribution in [3.63, 3.8) is 0 Å². The van der Waals surface area contributed by atoms with Crippen LogP contribution in [0.4, 0.5) is 0 Å². The summed E-state index contributed by atoms with van der Waals surface area (Å²) in [6, 6.07) is 46.6. The number of methoxy groups -OCH3 is 1. The maximum absolute atomic E-state index is 14.1. The van der Waals surface area contributed by atoms with E-state index in [1.165, 1.54) is 43.3 Å². The molecule has 7 rings (SSSR count). The Balaban J connectivity index is 1.40. The summed E-state index contributed by atoms with van der Waals surface area (Å²) in [6.07, 6.45) is -7.87. The second-order valence-corrected chi connectivity index (χ2v) is 14.1. The number of carbonyl (C=O) groups is 4. The number of ether oxygens (including phenoxy) is 6. The van der Waals surface area contributed by atoms with E-state index in [4.69, 9.17) is 28.4 Å². The number of rotatable bonds is 13. The SMILES string of the molecule is COc1ccc(Cc2ccccc2[C@@]2(O)O[C@H]([C@H](C)OC(=O)c3ccccc3)[C@@H](OC(=O)c3ccccc3)[C@H](OC(=O)c3ccccc3)[C@H]2OC(=O)c2ccccc2)cc1. The normalized spacial score (nSPS) is 20.2. The molecule has 6 aromatic carbocycles. The number of carbonyl (C=O) groups excluding carboxylic acids is 4. The van der Waals surface area contributed by atoms with Gasteiger partial charge in [-0.25, -0.2) is 19.2 Å². The molecule has 0 amide bonds. The molecule has 1 fully saturated rings. The van der Waals surface area contributed by atoms with Crippen molar-refractivity contribution in [2.45, 2.75) is 49.7 Å². The average molecular weight is 807 g/mol. The number of benzene rings is 6. The molecule has 0 saturated carbocycles. The van der Waals surface area contributed by atoms with Crippen LogP contribution in [0.2, 0.25) is 0 Å². The fourth-order valence-corrected chi connectivity index (χ4v) is 7.07. The van der Waals surface area contributed by atoms with Crippen LogP contribution in [0.15, 0.2) is 170 Å². The minimum atomic E-state index is -2.64. The summed E-state index contributed by atoms with van der Waals surface area (Å²) >= 11 is 0. The van der Waals surface area contributed by atoms with Gasteiger partial charge >= 0.3 is 23.9 Å². The molecule has 1 saturated heterocycles. The first-order chi connectivity index (χ1) is 29.1. The Labute approximate surface area is 347 Å². The van der Waals surface area contributed by atoms with Crippen LogP contribution in [0.25, 0.3) is 0 Å². The Morgan fingerprint density at radius 1 is 0.567 bits per heavy atom. The van der Waals surface area contributed by atoms with E-state index in [0.717, 1.165) is 5.56 Å². The standard InChI is InChI=1S/C49H42O11/c1-32(56-45(50)34-17-7-3-8-18-34)41-42(57-46(51)35-19-9-4-10-20-35)43(58-47(52)36-21-11-5-12-22-36)44(59-48(53)37-23-13-6-14-24-37)49(54,60-41)40-26-16-15-25-38(40)31-33-27-29-39(55-2)30-28-33/h3-30,32,41-44,54H,31H2,1-2H3/t32-,41+,42+,43-,44+,49+/m0/s1. The lowest BCUT2D eigenvalue weighted by Gasteiger charge is -2.50. The third-order valence-corrected chi connectivity index (χ3v) is 10.1. The Hall–Kier alpha value is -7.08. The van der Waals surface area contributed by atoms with Gasteiger partial charge in [-0.3, -0.25) is 0 Å². The fraction of sp³-hybridized carbons (Fsp3) is 0.184. The van der Waals surface area contributed by atoms with Crippen molar-refractivity contribution >= 4 is 23.9 Å². The fourth-order valence-electron chi connectivity index (χ4n) is 7.07. The van der Waals surface area contributed by atoms with Crippen molar-refractivity contribution < 1.29 is 52.7 Å². The highest BCUT2D eigenvalue weighted by atomic mass is 16.7. The Morgan fingerprint density at radius 3 is 1.50 bits per heavy atom. The van der Waals surface area contributed by atoms with Gasteiger partial charge in [-0.1, -0.05) is 109 Å². The first-order valence-electron chi connectivity index (χ1n) is 19.3. The molecule has 0 spiro atoms. The monoisotopic (exact) mass is 806 g/mol. The molecule has 60 heavy (non-hydrogen) atoms. The third-order valence-electron chi connectivity index (χ3n) is 10.1. The lowest BCUT2D eigenvalue weighted by molar-refractivity contribution is -0.360. The molecular weight excluding hydrogens is 765 g/mol. The van der Waals surface area contributed by atoms with Crippen LogP contribution in [-0.2, 0) is 35.9 Å². The highest BCUT2D eigenvalue weighted by molar-refractivity contribution is 5.91. The predicted molar refractivity (Wildman–Crippen MR) is 219 cm³/mol. The molecule has 0 bridgehead atoms. The smallest absolute Gasteiger partial charge is 0.338 e. The molecule has 0 aliphatic carbocycles. The summed E-state index contributed by atoms with van der Waals surface area (Å²) in [5.74, 6) is -5.36. The van der Waals surface area contributed by atoms with E-state index in [1.807, 2.05) is 12.1 Å². The van der Waals surface area contributed by atoms with E-state index >= 15 is 0 Å². The molecule has 1 aliphatic heterocycles. The lowest BCUT2D eigenvalue weighted by Crippen LogP contribution is -2.68. The van der Waals surface area contributed by atoms with Gasteiger partial charge in [0.05, 0.1) is 29.4 Å². The molecule has 1 N–H and O–H groups in total. The Morgan fingerprint density at radius 2 is 1.00 bits per heavy atom. The van der Waals surface area contributed by atoms with Gasteiger partial charge < -0.3 is 33.5 Å². The summed E-state index contributed by atoms with van der Waals surface area (Å²) in [6.45, 7) is 1.50. The van der Waals surface area contributed by atoms with E-state index < -0.39 is 60.2 Å². The minimum Gasteiger partial charge on any atom is -0.497 e. The highest BCUT2D eigenvalue weighted by Crippen LogP contribution is 2.44. The predicted octanol–water partition coefficient (Wildman–Crippen LogP) is 7.75. The van der Waals surface area contributed by atoms with E-state index in [0.29, 0.717) is 11.3 Å². The van der Waals surface area contributed by atoms with Gasteiger partial charge in [-0.15, -0.1) is 0 Å². The Bertz CT molecular complexity index is 2390. The number of esters is 4. The van der Waals surface area contributed by atoms with Crippen molar-refractivity contribution in [1.29, 1.82) is 0 Å². The minimum absolute atomic E-state index is 0.115. The van der Waals surface area contributed by atoms with Crippen molar-refractivity contribution in [1.82, 2.24) is 0 Å². The third kappa shape index (κ3) is 9.28. The number of hydrogen-bond donors (Lipinski definition) is 1. The van der Waals surface area contributed by atoms with Gasteiger partial charge in [-0.2, -0.15) is 0 Å². The van der Waals surface area contributed by atoms with Crippen molar-refractivity contribution in [3.8, 4) is 5.75 Å². The van der Waals surface area contributed by atoms with Crippen LogP contribution in [-0.4, -0.2) is 66.6 Å². The lowest BCUT2D eigenvalue weighted by atomic mass is 9.83. The van der Waals surface area contributed by atoms with Crippen LogP contribution in [0.3, 0.4) is 0 Å². The van der Waals surface area contributed by atoms with Gasteiger partial charge in [-0.05, 0) is 85.1 Å². The number of hydrogen-bond acceptors (Lipinski definition) is 11. The van der Waals surface area contributed by atoms with Gasteiger partial charge in [0.15, 0.2) is 12.2 Å². The first kappa shape index (κ1) is 41.1. The van der Waals surface area contributed by atoms with Gasteiger partial charge in [0, 0.05) is 5.56 Å². The maximum atomic E-state index is 14.1.